The van der Waals surface area contributed by atoms with Crippen molar-refractivity contribution in [1.29, 1.82) is 0 Å². The average molecular weight is 272 g/mol. The molecule has 0 aliphatic rings. The zero-order valence-electron chi connectivity index (χ0n) is 8.50. The molecule has 1 amide bonds. The van der Waals surface area contributed by atoms with E-state index in [1.54, 1.807) is 0 Å². The van der Waals surface area contributed by atoms with E-state index in [-0.39, 0.29) is 12.6 Å². The number of carbonyl (C=O) groups is 1. The molecule has 9 heteroatoms. The highest BCUT2D eigenvalue weighted by Crippen LogP contribution is 2.14. The maximum Gasteiger partial charge on any atom is 0.411 e. The third-order valence-electron chi connectivity index (χ3n) is 1.53. The van der Waals surface area contributed by atoms with Crippen molar-refractivity contribution in [2.24, 2.45) is 0 Å². The third-order valence-corrected chi connectivity index (χ3v) is 1.77. The van der Waals surface area contributed by atoms with Gasteiger partial charge in [0.15, 0.2) is 0 Å². The maximum atomic E-state index is 11.8. The van der Waals surface area contributed by atoms with Crippen LogP contribution in [0.25, 0.3) is 0 Å². The molecule has 1 N–H and O–H groups in total. The molecule has 1 heterocycles. The van der Waals surface area contributed by atoms with Crippen LogP contribution in [0, 0.1) is 0 Å². The molecular formula is C8H9ClF3N3O2. The van der Waals surface area contributed by atoms with Crippen LogP contribution in [0.4, 0.5) is 18.9 Å². The van der Waals surface area contributed by atoms with Gasteiger partial charge in [-0.3, -0.25) is 4.79 Å². The van der Waals surface area contributed by atoms with Crippen molar-refractivity contribution in [2.45, 2.75) is 12.9 Å². The number of halogens is 4. The van der Waals surface area contributed by atoms with E-state index in [1.807, 2.05) is 0 Å². The predicted octanol–water partition coefficient (Wildman–Crippen LogP) is 1.60. The quantitative estimate of drug-likeness (QED) is 0.828. The Morgan fingerprint density at radius 2 is 2.29 bits per heavy atom. The summed E-state index contributed by atoms with van der Waals surface area (Å²) < 4.78 is 40.8. The molecule has 0 saturated carbocycles. The fourth-order valence-electron chi connectivity index (χ4n) is 0.948. The van der Waals surface area contributed by atoms with Crippen LogP contribution in [0.2, 0.25) is 0 Å². The highest BCUT2D eigenvalue weighted by molar-refractivity contribution is 6.29. The number of nitrogens with one attached hydrogen (secondary N) is 1. The van der Waals surface area contributed by atoms with Crippen molar-refractivity contribution < 1.29 is 22.7 Å². The standard InChI is InChI=1S/C8H9ClF3N3O2/c9-1-7(16)14-6-2-13-15(3-6)5-17-4-8(10,11)12/h2-3H,1,4-5H2,(H,14,16). The molecule has 96 valence electrons. The molecule has 0 saturated heterocycles. The Hall–Kier alpha value is -1.28. The van der Waals surface area contributed by atoms with Crippen LogP contribution in [-0.4, -0.2) is 34.4 Å². The minimum atomic E-state index is -4.37. The van der Waals surface area contributed by atoms with Gasteiger partial charge in [0.2, 0.25) is 5.91 Å². The van der Waals surface area contributed by atoms with Gasteiger partial charge in [0.05, 0.1) is 18.1 Å². The number of anilines is 1. The molecular weight excluding hydrogens is 263 g/mol. The van der Waals surface area contributed by atoms with Crippen LogP contribution in [-0.2, 0) is 16.3 Å². The SMILES string of the molecule is O=C(CCl)Nc1cnn(COCC(F)(F)F)c1. The van der Waals surface area contributed by atoms with Crippen LogP contribution >= 0.6 is 11.6 Å². The van der Waals surface area contributed by atoms with Gasteiger partial charge < -0.3 is 10.1 Å². The molecule has 1 aromatic heterocycles. The molecule has 0 unspecified atom stereocenters. The topological polar surface area (TPSA) is 56.2 Å². The average Bonchev–Trinajstić information content (AvgIpc) is 2.63. The number of alkyl halides is 4. The second-order valence-corrected chi connectivity index (χ2v) is 3.31. The van der Waals surface area contributed by atoms with Gasteiger partial charge in [-0.1, -0.05) is 0 Å². The summed E-state index contributed by atoms with van der Waals surface area (Å²) >= 11 is 5.25. The van der Waals surface area contributed by atoms with Gasteiger partial charge in [-0.25, -0.2) is 4.68 Å². The number of rotatable bonds is 5. The summed E-state index contributed by atoms with van der Waals surface area (Å²) in [5, 5.41) is 6.08. The molecule has 1 rings (SSSR count). The van der Waals surface area contributed by atoms with Gasteiger partial charge in [0, 0.05) is 0 Å². The highest BCUT2D eigenvalue weighted by atomic mass is 35.5. The first kappa shape index (κ1) is 13.8. The third kappa shape index (κ3) is 5.55. The monoisotopic (exact) mass is 271 g/mol. The largest absolute Gasteiger partial charge is 0.411 e. The second-order valence-electron chi connectivity index (χ2n) is 3.04. The Labute approximate surface area is 99.5 Å². The molecule has 0 atom stereocenters. The summed E-state index contributed by atoms with van der Waals surface area (Å²) in [5.74, 6) is -0.641. The zero-order valence-corrected chi connectivity index (χ0v) is 9.25. The fraction of sp³-hybridized carbons (Fsp3) is 0.500. The predicted molar refractivity (Wildman–Crippen MR) is 53.6 cm³/mol. The lowest BCUT2D eigenvalue weighted by Crippen LogP contribution is -2.18. The number of hydrogen-bond donors (Lipinski definition) is 1. The van der Waals surface area contributed by atoms with Gasteiger partial charge in [0.25, 0.3) is 0 Å². The van der Waals surface area contributed by atoms with E-state index in [0.717, 1.165) is 4.68 Å². The summed E-state index contributed by atoms with van der Waals surface area (Å²) in [6.07, 6.45) is -1.76. The smallest absolute Gasteiger partial charge is 0.350 e. The Balaban J connectivity index is 2.38. The number of hydrogen-bond acceptors (Lipinski definition) is 3. The lowest BCUT2D eigenvalue weighted by atomic mass is 10.5. The van der Waals surface area contributed by atoms with Crippen molar-refractivity contribution in [1.82, 2.24) is 9.78 Å². The molecule has 0 aromatic carbocycles. The molecule has 17 heavy (non-hydrogen) atoms. The molecule has 0 aliphatic carbocycles. The van der Waals surface area contributed by atoms with E-state index in [9.17, 15) is 18.0 Å². The van der Waals surface area contributed by atoms with E-state index in [0.29, 0.717) is 5.69 Å². The lowest BCUT2D eigenvalue weighted by molar-refractivity contribution is -0.182. The number of amides is 1. The summed E-state index contributed by atoms with van der Waals surface area (Å²) in [6.45, 7) is -1.70. The van der Waals surface area contributed by atoms with Crippen LogP contribution in [0.15, 0.2) is 12.4 Å². The van der Waals surface area contributed by atoms with E-state index in [2.05, 4.69) is 15.2 Å². The van der Waals surface area contributed by atoms with E-state index < -0.39 is 18.7 Å². The van der Waals surface area contributed by atoms with Gasteiger partial charge >= 0.3 is 6.18 Å². The number of aromatic nitrogens is 2. The van der Waals surface area contributed by atoms with Crippen LogP contribution in [0.5, 0.6) is 0 Å². The molecule has 0 radical (unpaired) electrons. The van der Waals surface area contributed by atoms with Gasteiger partial charge in [-0.15, -0.1) is 11.6 Å². The maximum absolute atomic E-state index is 11.8. The number of nitrogens with zero attached hydrogens (tertiary/aromatic N) is 2. The van der Waals surface area contributed by atoms with Crippen LogP contribution in [0.3, 0.4) is 0 Å². The molecule has 5 nitrogen and oxygen atoms in total. The van der Waals surface area contributed by atoms with Crippen molar-refractivity contribution >= 4 is 23.2 Å². The van der Waals surface area contributed by atoms with Crippen molar-refractivity contribution in [3.8, 4) is 0 Å². The lowest BCUT2D eigenvalue weighted by Gasteiger charge is -2.07. The molecule has 0 bridgehead atoms. The Kier molecular flexibility index (Phi) is 4.76. The molecule has 0 fully saturated rings. The number of ether oxygens (including phenoxy) is 1. The fourth-order valence-corrected chi connectivity index (χ4v) is 1.01. The van der Waals surface area contributed by atoms with Gasteiger partial charge in [0.1, 0.15) is 19.2 Å². The van der Waals surface area contributed by atoms with E-state index >= 15 is 0 Å². The Morgan fingerprint density at radius 1 is 1.59 bits per heavy atom. The molecule has 0 aliphatic heterocycles. The van der Waals surface area contributed by atoms with Crippen molar-refractivity contribution in [2.75, 3.05) is 17.8 Å². The van der Waals surface area contributed by atoms with Gasteiger partial charge in [-0.2, -0.15) is 18.3 Å². The van der Waals surface area contributed by atoms with Crippen LogP contribution in [0.1, 0.15) is 0 Å². The Morgan fingerprint density at radius 3 is 2.88 bits per heavy atom. The highest BCUT2D eigenvalue weighted by Gasteiger charge is 2.27. The normalized spacial score (nSPS) is 11.5. The molecule has 0 spiro atoms. The van der Waals surface area contributed by atoms with E-state index in [1.165, 1.54) is 12.4 Å². The van der Waals surface area contributed by atoms with Gasteiger partial charge in [-0.05, 0) is 0 Å². The summed E-state index contributed by atoms with van der Waals surface area (Å²) in [7, 11) is 0. The first-order valence-electron chi connectivity index (χ1n) is 4.43. The zero-order chi connectivity index (χ0) is 12.9. The van der Waals surface area contributed by atoms with E-state index in [4.69, 9.17) is 11.6 Å². The summed E-state index contributed by atoms with van der Waals surface area (Å²) in [5.41, 5.74) is 0.339. The summed E-state index contributed by atoms with van der Waals surface area (Å²) in [6, 6.07) is 0. The Bertz CT molecular complexity index is 380. The molecule has 1 aromatic rings. The first-order valence-corrected chi connectivity index (χ1v) is 4.97. The minimum Gasteiger partial charge on any atom is -0.350 e. The second kappa shape index (κ2) is 5.87. The first-order chi connectivity index (χ1) is 7.90. The van der Waals surface area contributed by atoms with Crippen molar-refractivity contribution in [3.63, 3.8) is 0 Å². The van der Waals surface area contributed by atoms with Crippen molar-refractivity contribution in [3.05, 3.63) is 12.4 Å². The van der Waals surface area contributed by atoms with Crippen LogP contribution < -0.4 is 5.32 Å². The summed E-state index contributed by atoms with van der Waals surface area (Å²) in [4.78, 5) is 10.9. The minimum absolute atomic E-state index is 0.213. The number of carbonyl (C=O) groups excluding carboxylic acids is 1.